The molecule has 43 heavy (non-hydrogen) atoms. The van der Waals surface area contributed by atoms with E-state index in [1.807, 2.05) is 6.56 Å². The van der Waals surface area contributed by atoms with Crippen molar-refractivity contribution in [2.45, 2.75) is 114 Å². The summed E-state index contributed by atoms with van der Waals surface area (Å²) >= 11 is -2.33. The average Bonchev–Trinajstić information content (AvgIpc) is 3.51. The molecule has 0 aromatic heterocycles. The van der Waals surface area contributed by atoms with Crippen molar-refractivity contribution in [2.24, 2.45) is 11.3 Å². The minimum absolute atomic E-state index is 0. The molecular formula is C40H50Cl2Zr. The normalized spacial score (nSPS) is 20.3. The number of hydrogen-bond donors (Lipinski definition) is 0. The summed E-state index contributed by atoms with van der Waals surface area (Å²) in [6.45, 7) is 31.6. The molecule has 0 radical (unpaired) electrons. The van der Waals surface area contributed by atoms with Crippen LogP contribution in [0.25, 0.3) is 22.3 Å². The first-order valence-electron chi connectivity index (χ1n) is 15.9. The molecule has 2 aromatic rings. The van der Waals surface area contributed by atoms with E-state index in [1.54, 1.807) is 25.5 Å². The SMILES string of the molecule is CCC1=[C]([Zr+2]([C]2=C(C)c3cc4c(cc3C2(C)C)Cc2cc3c(cc2-4)C(C)=CC3(C)C)=[C](C)C)C(C)C=C1C(C)(C)C.[Cl-].[Cl-]. The van der Waals surface area contributed by atoms with Gasteiger partial charge in [-0.1, -0.05) is 0 Å². The van der Waals surface area contributed by atoms with Crippen molar-refractivity contribution in [1.29, 1.82) is 0 Å². The third kappa shape index (κ3) is 5.08. The second kappa shape index (κ2) is 11.2. The van der Waals surface area contributed by atoms with Crippen molar-refractivity contribution < 1.29 is 46.1 Å². The van der Waals surface area contributed by atoms with E-state index in [4.69, 9.17) is 0 Å². The third-order valence-electron chi connectivity index (χ3n) is 10.6. The van der Waals surface area contributed by atoms with Gasteiger partial charge < -0.3 is 24.8 Å². The Hall–Kier alpha value is -1.27. The minimum Gasteiger partial charge on any atom is -1.00 e. The Kier molecular flexibility index (Phi) is 9.02. The predicted molar refractivity (Wildman–Crippen MR) is 177 cm³/mol. The van der Waals surface area contributed by atoms with Crippen molar-refractivity contribution in [3.8, 4) is 11.1 Å². The topological polar surface area (TPSA) is 0 Å². The first kappa shape index (κ1) is 34.6. The molecule has 0 aliphatic heterocycles. The summed E-state index contributed by atoms with van der Waals surface area (Å²) in [5.41, 5.74) is 18.8. The van der Waals surface area contributed by atoms with Gasteiger partial charge in [0, 0.05) is 0 Å². The van der Waals surface area contributed by atoms with E-state index in [-0.39, 0.29) is 41.1 Å². The smallest absolute Gasteiger partial charge is 1.00 e. The maximum absolute atomic E-state index is 2.63. The van der Waals surface area contributed by atoms with Gasteiger partial charge in [-0.15, -0.1) is 0 Å². The zero-order chi connectivity index (χ0) is 30.0. The molecule has 0 bridgehead atoms. The maximum Gasteiger partial charge on any atom is -1.00 e. The molecule has 1 unspecified atom stereocenters. The van der Waals surface area contributed by atoms with Crippen LogP contribution in [0.2, 0.25) is 0 Å². The van der Waals surface area contributed by atoms with E-state index < -0.39 is 21.3 Å². The molecule has 0 saturated heterocycles. The first-order chi connectivity index (χ1) is 19.0. The molecule has 0 saturated carbocycles. The monoisotopic (exact) mass is 690 g/mol. The van der Waals surface area contributed by atoms with Crippen LogP contribution in [0.5, 0.6) is 0 Å². The van der Waals surface area contributed by atoms with Gasteiger partial charge in [0.15, 0.2) is 0 Å². The molecular weight excluding hydrogens is 643 g/mol. The molecule has 1 atom stereocenters. The van der Waals surface area contributed by atoms with Crippen LogP contribution in [0.15, 0.2) is 54.1 Å². The number of hydrogen-bond acceptors (Lipinski definition) is 0. The molecule has 0 amide bonds. The molecule has 4 aliphatic carbocycles. The van der Waals surface area contributed by atoms with Crippen LogP contribution < -0.4 is 24.8 Å². The first-order valence-corrected chi connectivity index (χ1v) is 19.6. The summed E-state index contributed by atoms with van der Waals surface area (Å²) in [5, 5.41) is 0. The fraction of sp³-hybridized carbons (Fsp3) is 0.475. The van der Waals surface area contributed by atoms with E-state index >= 15 is 0 Å². The molecule has 4 aliphatic rings. The summed E-state index contributed by atoms with van der Waals surface area (Å²) in [6.07, 6.45) is 7.30. The van der Waals surface area contributed by atoms with Gasteiger partial charge in [0.05, 0.1) is 0 Å². The minimum atomic E-state index is -2.33. The predicted octanol–water partition coefficient (Wildman–Crippen LogP) is 5.10. The fourth-order valence-corrected chi connectivity index (χ4v) is 18.0. The van der Waals surface area contributed by atoms with Crippen LogP contribution in [0.1, 0.15) is 130 Å². The summed E-state index contributed by atoms with van der Waals surface area (Å²) in [5.74, 6) is 0.558. The molecule has 0 nitrogen and oxygen atoms in total. The van der Waals surface area contributed by atoms with E-state index in [9.17, 15) is 0 Å². The Bertz CT molecular complexity index is 1710. The van der Waals surface area contributed by atoms with Crippen molar-refractivity contribution in [3.05, 3.63) is 87.5 Å². The molecule has 3 heteroatoms. The number of rotatable bonds is 3. The van der Waals surface area contributed by atoms with Gasteiger partial charge in [-0.05, 0) is 0 Å². The second-order valence-electron chi connectivity index (χ2n) is 15.7. The van der Waals surface area contributed by atoms with Crippen molar-refractivity contribution in [3.63, 3.8) is 0 Å². The molecule has 0 heterocycles. The van der Waals surface area contributed by atoms with E-state index in [2.05, 4.69) is 126 Å². The third-order valence-corrected chi connectivity index (χ3v) is 20.0. The van der Waals surface area contributed by atoms with Crippen LogP contribution >= 0.6 is 0 Å². The number of benzene rings is 2. The Labute approximate surface area is 282 Å². The van der Waals surface area contributed by atoms with Crippen LogP contribution in [-0.2, 0) is 38.5 Å². The van der Waals surface area contributed by atoms with Crippen LogP contribution in [0.3, 0.4) is 0 Å². The molecule has 6 rings (SSSR count). The number of allylic oxidation sites excluding steroid dienone is 8. The van der Waals surface area contributed by atoms with Crippen LogP contribution in [0, 0.1) is 11.3 Å². The van der Waals surface area contributed by atoms with Gasteiger partial charge in [0.25, 0.3) is 0 Å². The zero-order valence-corrected chi connectivity index (χ0v) is 32.7. The van der Waals surface area contributed by atoms with Gasteiger partial charge in [0.1, 0.15) is 0 Å². The maximum atomic E-state index is 2.63. The Morgan fingerprint density at radius 2 is 1.42 bits per heavy atom. The van der Waals surface area contributed by atoms with Gasteiger partial charge in [-0.25, -0.2) is 0 Å². The Morgan fingerprint density at radius 1 is 0.860 bits per heavy atom. The van der Waals surface area contributed by atoms with E-state index in [0.29, 0.717) is 5.92 Å². The largest absolute Gasteiger partial charge is 1.00 e. The second-order valence-corrected chi connectivity index (χ2v) is 22.6. The van der Waals surface area contributed by atoms with Crippen molar-refractivity contribution in [2.75, 3.05) is 0 Å². The number of halogens is 2. The van der Waals surface area contributed by atoms with Gasteiger partial charge in [0.2, 0.25) is 0 Å². The average molecular weight is 693 g/mol. The van der Waals surface area contributed by atoms with Crippen molar-refractivity contribution in [1.82, 2.24) is 0 Å². The summed E-state index contributed by atoms with van der Waals surface area (Å²) in [6, 6.07) is 10.3. The van der Waals surface area contributed by atoms with Crippen molar-refractivity contribution >= 4 is 14.4 Å². The Morgan fingerprint density at radius 3 is 1.95 bits per heavy atom. The molecule has 0 N–H and O–H groups in total. The Balaban J connectivity index is 0.00000212. The standard InChI is InChI=1S/C25H25.C12H19.C3H6.2ClH.Zr/c1-14-12-24(3,4)22-8-16-7-17-9-23-19(15(2)13-25(23,5)6)11-21(17)20(16)10-18(14)22;1-6-10-7-9(2)8-11(10)12(3,4)5;1-3-2;;;/h8-12H,7H2,1-6H3;8-9H,6H2,1-5H3;1-2H3;2*1H;/q;;;;;+2/p-2. The molecule has 2 aromatic carbocycles. The van der Waals surface area contributed by atoms with Gasteiger partial charge in [-0.3, -0.25) is 0 Å². The molecule has 228 valence electrons. The fourth-order valence-electron chi connectivity index (χ4n) is 8.88. The van der Waals surface area contributed by atoms with Gasteiger partial charge >= 0.3 is 259 Å². The van der Waals surface area contributed by atoms with E-state index in [1.165, 1.54) is 44.5 Å². The van der Waals surface area contributed by atoms with Crippen LogP contribution in [0.4, 0.5) is 0 Å². The number of fused-ring (bicyclic) bond motifs is 5. The summed E-state index contributed by atoms with van der Waals surface area (Å²) < 4.78 is 5.40. The van der Waals surface area contributed by atoms with Gasteiger partial charge in [-0.2, -0.15) is 0 Å². The quantitative estimate of drug-likeness (QED) is 0.359. The zero-order valence-electron chi connectivity index (χ0n) is 28.7. The summed E-state index contributed by atoms with van der Waals surface area (Å²) in [4.78, 5) is 0. The summed E-state index contributed by atoms with van der Waals surface area (Å²) in [7, 11) is 0. The van der Waals surface area contributed by atoms with E-state index in [0.717, 1.165) is 12.8 Å². The van der Waals surface area contributed by atoms with Crippen LogP contribution in [-0.4, -0.2) is 3.21 Å². The molecule has 0 spiro atoms. The molecule has 0 fully saturated rings.